The molecule has 1 heterocycles. The molecule has 1 aromatic carbocycles. The van der Waals surface area contributed by atoms with Crippen LogP contribution in [-0.4, -0.2) is 10.1 Å². The molecule has 2 rings (SSSR count). The first-order valence-electron chi connectivity index (χ1n) is 5.56. The first-order valence-corrected chi connectivity index (χ1v) is 7.17. The van der Waals surface area contributed by atoms with Gasteiger partial charge in [-0.15, -0.1) is 0 Å². The third-order valence-electron chi connectivity index (χ3n) is 2.63. The molecule has 1 atom stereocenters. The minimum atomic E-state index is -0.516. The third-order valence-corrected chi connectivity index (χ3v) is 4.05. The fourth-order valence-electron chi connectivity index (χ4n) is 1.52. The van der Waals surface area contributed by atoms with Crippen LogP contribution in [0.4, 0.5) is 0 Å². The van der Waals surface area contributed by atoms with Gasteiger partial charge in [0, 0.05) is 9.37 Å². The number of halogens is 1. The van der Waals surface area contributed by atoms with Crippen LogP contribution in [0.15, 0.2) is 37.2 Å². The van der Waals surface area contributed by atoms with E-state index < -0.39 is 6.10 Å². The van der Waals surface area contributed by atoms with Gasteiger partial charge in [-0.05, 0) is 50.2 Å². The van der Waals surface area contributed by atoms with E-state index in [1.807, 2.05) is 32.0 Å². The minimum absolute atomic E-state index is 0.516. The molecule has 0 saturated heterocycles. The van der Waals surface area contributed by atoms with Crippen LogP contribution in [0.3, 0.4) is 0 Å². The van der Waals surface area contributed by atoms with Gasteiger partial charge in [-0.1, -0.05) is 22.0 Å². The maximum atomic E-state index is 9.75. The van der Waals surface area contributed by atoms with Gasteiger partial charge in [0.05, 0.1) is 11.8 Å². The molecule has 2 aromatic rings. The van der Waals surface area contributed by atoms with Gasteiger partial charge in [0.2, 0.25) is 0 Å². The topological polar surface area (TPSA) is 46.3 Å². The Morgan fingerprint density at radius 2 is 2.11 bits per heavy atom. The van der Waals surface area contributed by atoms with E-state index in [0.717, 1.165) is 26.4 Å². The van der Waals surface area contributed by atoms with Gasteiger partial charge in [0.25, 0.3) is 5.22 Å². The number of aryl methyl sites for hydroxylation is 2. The maximum absolute atomic E-state index is 9.75. The highest BCUT2D eigenvalue weighted by atomic mass is 79.9. The first-order chi connectivity index (χ1) is 8.47. The smallest absolute Gasteiger partial charge is 0.261 e. The Bertz CT molecular complexity index is 547. The van der Waals surface area contributed by atoms with E-state index in [0.29, 0.717) is 5.22 Å². The molecule has 1 unspecified atom stereocenters. The van der Waals surface area contributed by atoms with Gasteiger partial charge in [0.1, 0.15) is 5.76 Å². The van der Waals surface area contributed by atoms with Gasteiger partial charge < -0.3 is 9.52 Å². The lowest BCUT2D eigenvalue weighted by Crippen LogP contribution is -1.93. The zero-order valence-electron chi connectivity index (χ0n) is 10.4. The Morgan fingerprint density at radius 3 is 2.67 bits per heavy atom. The van der Waals surface area contributed by atoms with Crippen molar-refractivity contribution in [2.24, 2.45) is 0 Å². The highest BCUT2D eigenvalue weighted by Gasteiger charge is 2.13. The molecule has 0 saturated carbocycles. The number of rotatable bonds is 3. The zero-order valence-corrected chi connectivity index (χ0v) is 12.8. The third kappa shape index (κ3) is 2.96. The number of aliphatic hydroxyl groups excluding tert-OH is 1. The molecule has 0 spiro atoms. The quantitative estimate of drug-likeness (QED) is 0.914. The second-order valence-electron chi connectivity index (χ2n) is 4.08. The molecule has 1 aromatic heterocycles. The summed E-state index contributed by atoms with van der Waals surface area (Å²) in [5.41, 5.74) is 1.77. The van der Waals surface area contributed by atoms with Crippen LogP contribution in [-0.2, 0) is 0 Å². The molecule has 0 amide bonds. The monoisotopic (exact) mass is 327 g/mol. The van der Waals surface area contributed by atoms with E-state index >= 15 is 0 Å². The normalized spacial score (nSPS) is 12.7. The molecule has 1 N–H and O–H groups in total. The van der Waals surface area contributed by atoms with E-state index in [9.17, 15) is 5.11 Å². The fourth-order valence-corrected chi connectivity index (χ4v) is 3.12. The number of aliphatic hydroxyl groups is 1. The molecule has 0 fully saturated rings. The van der Waals surface area contributed by atoms with Crippen LogP contribution < -0.4 is 0 Å². The van der Waals surface area contributed by atoms with E-state index in [4.69, 9.17) is 4.42 Å². The average molecular weight is 328 g/mol. The van der Waals surface area contributed by atoms with Crippen molar-refractivity contribution < 1.29 is 9.52 Å². The molecule has 0 bridgehead atoms. The molecule has 18 heavy (non-hydrogen) atoms. The van der Waals surface area contributed by atoms with Gasteiger partial charge >= 0.3 is 0 Å². The Balaban J connectivity index is 2.35. The summed E-state index contributed by atoms with van der Waals surface area (Å²) in [6.45, 7) is 5.56. The van der Waals surface area contributed by atoms with Crippen molar-refractivity contribution in [2.75, 3.05) is 0 Å². The highest BCUT2D eigenvalue weighted by Crippen LogP contribution is 2.35. The van der Waals surface area contributed by atoms with Gasteiger partial charge in [-0.2, -0.15) is 0 Å². The van der Waals surface area contributed by atoms with Crippen LogP contribution in [0.25, 0.3) is 0 Å². The van der Waals surface area contributed by atoms with Crippen molar-refractivity contribution in [3.8, 4) is 0 Å². The number of hydrogen-bond acceptors (Lipinski definition) is 4. The highest BCUT2D eigenvalue weighted by molar-refractivity contribution is 9.10. The predicted octanol–water partition coefficient (Wildman–Crippen LogP) is 4.26. The number of aromatic nitrogens is 1. The summed E-state index contributed by atoms with van der Waals surface area (Å²) in [6.07, 6.45) is -0.516. The average Bonchev–Trinajstić information content (AvgIpc) is 2.57. The number of benzene rings is 1. The molecule has 0 radical (unpaired) electrons. The Kier molecular flexibility index (Phi) is 4.14. The lowest BCUT2D eigenvalue weighted by molar-refractivity contribution is 0.196. The standard InChI is InChI=1S/C13H14BrNO2S/c1-7-9(3)17-13(15-7)18-12-6-10(14)4-5-11(12)8(2)16/h4-6,8,16H,1-3H3. The SMILES string of the molecule is Cc1nc(Sc2cc(Br)ccc2C(C)O)oc1C. The largest absolute Gasteiger partial charge is 0.436 e. The summed E-state index contributed by atoms with van der Waals surface area (Å²) in [4.78, 5) is 5.28. The lowest BCUT2D eigenvalue weighted by atomic mass is 10.1. The summed E-state index contributed by atoms with van der Waals surface area (Å²) in [7, 11) is 0. The summed E-state index contributed by atoms with van der Waals surface area (Å²) >= 11 is 4.86. The molecule has 96 valence electrons. The van der Waals surface area contributed by atoms with Crippen molar-refractivity contribution in [3.05, 3.63) is 39.7 Å². The zero-order chi connectivity index (χ0) is 13.3. The second-order valence-corrected chi connectivity index (χ2v) is 5.99. The van der Waals surface area contributed by atoms with Crippen molar-refractivity contribution in [2.45, 2.75) is 37.0 Å². The fraction of sp³-hybridized carbons (Fsp3) is 0.308. The van der Waals surface area contributed by atoms with Gasteiger partial charge in [0.15, 0.2) is 0 Å². The molecule has 5 heteroatoms. The van der Waals surface area contributed by atoms with Crippen molar-refractivity contribution in [1.82, 2.24) is 4.98 Å². The Labute approximate surface area is 119 Å². The van der Waals surface area contributed by atoms with Crippen LogP contribution in [0.2, 0.25) is 0 Å². The molecule has 0 aliphatic carbocycles. The first kappa shape index (κ1) is 13.6. The Morgan fingerprint density at radius 1 is 1.39 bits per heavy atom. The summed E-state index contributed by atoms with van der Waals surface area (Å²) in [6, 6.07) is 5.78. The van der Waals surface area contributed by atoms with Crippen LogP contribution in [0, 0.1) is 13.8 Å². The molecule has 0 aliphatic heterocycles. The summed E-state index contributed by atoms with van der Waals surface area (Å²) in [5, 5.41) is 10.4. The van der Waals surface area contributed by atoms with E-state index in [-0.39, 0.29) is 0 Å². The predicted molar refractivity (Wildman–Crippen MR) is 74.9 cm³/mol. The van der Waals surface area contributed by atoms with Crippen molar-refractivity contribution >= 4 is 27.7 Å². The number of oxazole rings is 1. The molecule has 0 aliphatic rings. The molecular formula is C13H14BrNO2S. The maximum Gasteiger partial charge on any atom is 0.261 e. The molecule has 3 nitrogen and oxygen atoms in total. The summed E-state index contributed by atoms with van der Waals surface area (Å²) < 4.78 is 6.51. The second kappa shape index (κ2) is 5.47. The van der Waals surface area contributed by atoms with Gasteiger partial charge in [-0.3, -0.25) is 0 Å². The number of nitrogens with zero attached hydrogens (tertiary/aromatic N) is 1. The van der Waals surface area contributed by atoms with Crippen molar-refractivity contribution in [3.63, 3.8) is 0 Å². The van der Waals surface area contributed by atoms with E-state index in [1.165, 1.54) is 11.8 Å². The van der Waals surface area contributed by atoms with Crippen LogP contribution >= 0.6 is 27.7 Å². The number of hydrogen-bond donors (Lipinski definition) is 1. The van der Waals surface area contributed by atoms with Crippen molar-refractivity contribution in [1.29, 1.82) is 0 Å². The van der Waals surface area contributed by atoms with E-state index in [1.54, 1.807) is 6.92 Å². The lowest BCUT2D eigenvalue weighted by Gasteiger charge is -2.10. The minimum Gasteiger partial charge on any atom is -0.436 e. The summed E-state index contributed by atoms with van der Waals surface area (Å²) in [5.74, 6) is 0.825. The molecular weight excluding hydrogens is 314 g/mol. The van der Waals surface area contributed by atoms with Crippen LogP contribution in [0.5, 0.6) is 0 Å². The van der Waals surface area contributed by atoms with Gasteiger partial charge in [-0.25, -0.2) is 4.98 Å². The van der Waals surface area contributed by atoms with Crippen LogP contribution in [0.1, 0.15) is 30.0 Å². The Hall–Kier alpha value is -0.780. The van der Waals surface area contributed by atoms with E-state index in [2.05, 4.69) is 20.9 Å².